The molecule has 0 spiro atoms. The Balaban J connectivity index is 3.97. The number of carboxylic acid groups (broad SMARTS) is 1. The lowest BCUT2D eigenvalue weighted by atomic mass is 10.0. The molecule has 0 rings (SSSR count). The van der Waals surface area contributed by atoms with Gasteiger partial charge in [0.1, 0.15) is 13.2 Å². The van der Waals surface area contributed by atoms with Gasteiger partial charge in [-0.2, -0.15) is 0 Å². The van der Waals surface area contributed by atoms with E-state index in [1.165, 1.54) is 270 Å². The lowest BCUT2D eigenvalue weighted by Gasteiger charge is -2.26. The Labute approximate surface area is 576 Å². The van der Waals surface area contributed by atoms with Gasteiger partial charge >= 0.3 is 11.9 Å². The maximum Gasteiger partial charge on any atom is 0.306 e. The molecule has 0 aliphatic carbocycles. The summed E-state index contributed by atoms with van der Waals surface area (Å²) >= 11 is 0. The van der Waals surface area contributed by atoms with Crippen molar-refractivity contribution in [2.24, 2.45) is 0 Å². The number of ether oxygens (including phenoxy) is 4. The van der Waals surface area contributed by atoms with Gasteiger partial charge in [0, 0.05) is 12.8 Å². The summed E-state index contributed by atoms with van der Waals surface area (Å²) in [4.78, 5) is 37.6. The van der Waals surface area contributed by atoms with E-state index < -0.39 is 24.3 Å². The number of carboxylic acids is 1. The number of hydrogen-bond acceptors (Lipinski definition) is 8. The fraction of sp³-hybridized carbons (Fsp3) is 0.798. The number of nitrogens with zero attached hydrogens (tertiary/aromatic N) is 1. The third-order valence-electron chi connectivity index (χ3n) is 17.6. The molecule has 0 saturated carbocycles. The highest BCUT2D eigenvalue weighted by atomic mass is 16.7. The highest BCUT2D eigenvalue weighted by Gasteiger charge is 2.22. The van der Waals surface area contributed by atoms with E-state index in [9.17, 15) is 19.5 Å². The monoisotopic (exact) mass is 1300 g/mol. The third kappa shape index (κ3) is 75.7. The molecule has 0 aromatic heterocycles. The predicted octanol–water partition coefficient (Wildman–Crippen LogP) is 24.0. The van der Waals surface area contributed by atoms with Crippen molar-refractivity contribution in [2.45, 2.75) is 386 Å². The normalized spacial score (nSPS) is 13.1. The van der Waals surface area contributed by atoms with E-state index in [-0.39, 0.29) is 32.2 Å². The molecular formula is C84H151NO8. The van der Waals surface area contributed by atoms with Crippen molar-refractivity contribution in [1.82, 2.24) is 0 Å². The second-order valence-electron chi connectivity index (χ2n) is 28.0. The van der Waals surface area contributed by atoms with Gasteiger partial charge in [-0.15, -0.1) is 0 Å². The van der Waals surface area contributed by atoms with Crippen LogP contribution in [-0.4, -0.2) is 82.3 Å². The second kappa shape index (κ2) is 74.3. The standard InChI is InChI=1S/C84H151NO8/c1-6-8-10-12-14-16-18-20-22-24-26-28-30-32-34-36-37-38-39-40-41-42-43-44-45-47-48-50-52-54-56-58-60-62-64-66-68-70-72-74-81(86)91-78-80(79-92-84(83(88)89)90-77-76-85(3,4)5)93-82(87)75-73-71-69-67-65-63-61-59-57-55-53-51-49-46-35-33-31-29-27-25-23-21-19-17-15-13-11-9-7-2/h9,11,15,17-18,20-21,23-24,26-27,29-30,32,80,84H,6-8,10,12-14,16,19,22,25,28,31,33-79H2,1-5H3/b11-9-,17-15-,20-18-,23-21-,26-24-,29-27-,32-30-. The molecular weight excluding hydrogens is 1150 g/mol. The minimum Gasteiger partial charge on any atom is -0.545 e. The van der Waals surface area contributed by atoms with Gasteiger partial charge in [0.25, 0.3) is 0 Å². The van der Waals surface area contributed by atoms with Crippen molar-refractivity contribution in [3.63, 3.8) is 0 Å². The molecule has 2 atom stereocenters. The molecule has 540 valence electrons. The largest absolute Gasteiger partial charge is 0.545 e. The Bertz CT molecular complexity index is 1810. The number of hydrogen-bond donors (Lipinski definition) is 0. The number of allylic oxidation sites excluding steroid dienone is 14. The molecule has 0 N–H and O–H groups in total. The molecule has 0 amide bonds. The first-order valence-corrected chi connectivity index (χ1v) is 39.7. The SMILES string of the molecule is CC/C=C\C/C=C\C/C=C\C/C=C\CCCCCCCCCCCCCCCCCCC(=O)OC(COC(=O)CCCCCCCCCCCCCCCCCCCCCCCCCC/C=C\C/C=C\C/C=C\CCCCCCC)COC(OCC[N+](C)(C)C)C(=O)[O-]. The van der Waals surface area contributed by atoms with E-state index in [1.54, 1.807) is 0 Å². The predicted molar refractivity (Wildman–Crippen MR) is 398 cm³/mol. The van der Waals surface area contributed by atoms with Crippen LogP contribution in [0, 0.1) is 0 Å². The van der Waals surface area contributed by atoms with Crippen LogP contribution >= 0.6 is 0 Å². The van der Waals surface area contributed by atoms with Crippen LogP contribution < -0.4 is 5.11 Å². The van der Waals surface area contributed by atoms with Gasteiger partial charge in [-0.05, 0) is 89.9 Å². The number of rotatable bonds is 74. The summed E-state index contributed by atoms with van der Waals surface area (Å²) in [5.41, 5.74) is 0. The Morgan fingerprint density at radius 2 is 0.613 bits per heavy atom. The summed E-state index contributed by atoms with van der Waals surface area (Å²) < 4.78 is 22.9. The van der Waals surface area contributed by atoms with E-state index in [4.69, 9.17) is 18.9 Å². The highest BCUT2D eigenvalue weighted by molar-refractivity contribution is 5.70. The fourth-order valence-electron chi connectivity index (χ4n) is 11.6. The van der Waals surface area contributed by atoms with Gasteiger partial charge in [-0.1, -0.05) is 356 Å². The van der Waals surface area contributed by atoms with E-state index in [0.717, 1.165) is 70.6 Å². The van der Waals surface area contributed by atoms with Gasteiger partial charge in [-0.25, -0.2) is 0 Å². The van der Waals surface area contributed by atoms with Crippen LogP contribution in [0.3, 0.4) is 0 Å². The van der Waals surface area contributed by atoms with Crippen LogP contribution in [-0.2, 0) is 33.3 Å². The molecule has 9 heteroatoms. The molecule has 0 bridgehead atoms. The molecule has 2 unspecified atom stereocenters. The van der Waals surface area contributed by atoms with Crippen LogP contribution in [0.15, 0.2) is 85.1 Å². The molecule has 93 heavy (non-hydrogen) atoms. The van der Waals surface area contributed by atoms with E-state index in [0.29, 0.717) is 23.9 Å². The van der Waals surface area contributed by atoms with Gasteiger partial charge in [0.05, 0.1) is 40.3 Å². The van der Waals surface area contributed by atoms with E-state index in [1.807, 2.05) is 21.1 Å². The maximum absolute atomic E-state index is 13.0. The number of quaternary nitrogens is 1. The van der Waals surface area contributed by atoms with E-state index in [2.05, 4.69) is 98.9 Å². The Morgan fingerprint density at radius 1 is 0.333 bits per heavy atom. The number of aliphatic carboxylic acids is 1. The summed E-state index contributed by atoms with van der Waals surface area (Å²) in [6.45, 7) is 4.68. The van der Waals surface area contributed by atoms with Crippen molar-refractivity contribution in [1.29, 1.82) is 0 Å². The molecule has 0 fully saturated rings. The lowest BCUT2D eigenvalue weighted by molar-refractivity contribution is -0.870. The van der Waals surface area contributed by atoms with Crippen LogP contribution in [0.2, 0.25) is 0 Å². The molecule has 0 aliphatic heterocycles. The quantitative estimate of drug-likeness (QED) is 0.0195. The minimum atomic E-state index is -1.62. The Hall–Kier alpha value is -3.53. The minimum absolute atomic E-state index is 0.148. The second-order valence-corrected chi connectivity index (χ2v) is 28.0. The van der Waals surface area contributed by atoms with Gasteiger partial charge in [-0.3, -0.25) is 9.59 Å². The van der Waals surface area contributed by atoms with Crippen LogP contribution in [0.4, 0.5) is 0 Å². The number of unbranched alkanes of at least 4 members (excludes halogenated alkanes) is 45. The fourth-order valence-corrected chi connectivity index (χ4v) is 11.6. The molecule has 0 aromatic rings. The molecule has 0 aliphatic rings. The average Bonchev–Trinajstić information content (AvgIpc) is 3.74. The van der Waals surface area contributed by atoms with Crippen LogP contribution in [0.25, 0.3) is 0 Å². The lowest BCUT2D eigenvalue weighted by Crippen LogP contribution is -2.44. The number of carbonyl (C=O) groups is 3. The summed E-state index contributed by atoms with van der Waals surface area (Å²) in [5.74, 6) is -2.26. The topological polar surface area (TPSA) is 111 Å². The number of carbonyl (C=O) groups excluding carboxylic acids is 3. The van der Waals surface area contributed by atoms with Crippen molar-refractivity contribution in [3.05, 3.63) is 85.1 Å². The summed E-state index contributed by atoms with van der Waals surface area (Å²) in [5, 5.41) is 11.9. The molecule has 0 radical (unpaired) electrons. The summed E-state index contributed by atoms with van der Waals surface area (Å²) in [6.07, 6.45) is 98.5. The number of esters is 2. The van der Waals surface area contributed by atoms with Gasteiger partial charge in [0.2, 0.25) is 0 Å². The van der Waals surface area contributed by atoms with E-state index >= 15 is 0 Å². The smallest absolute Gasteiger partial charge is 0.306 e. The zero-order chi connectivity index (χ0) is 67.5. The Morgan fingerprint density at radius 3 is 0.914 bits per heavy atom. The third-order valence-corrected chi connectivity index (χ3v) is 17.6. The highest BCUT2D eigenvalue weighted by Crippen LogP contribution is 2.19. The zero-order valence-electron chi connectivity index (χ0n) is 61.9. The Kier molecular flexibility index (Phi) is 71.4. The molecule has 0 saturated heterocycles. The summed E-state index contributed by atoms with van der Waals surface area (Å²) in [7, 11) is 5.94. The molecule has 0 aromatic carbocycles. The van der Waals surface area contributed by atoms with Crippen molar-refractivity contribution in [2.75, 3.05) is 47.5 Å². The first kappa shape index (κ1) is 89.5. The average molecular weight is 1300 g/mol. The molecule has 0 heterocycles. The van der Waals surface area contributed by atoms with Crippen LogP contribution in [0.5, 0.6) is 0 Å². The van der Waals surface area contributed by atoms with Crippen molar-refractivity contribution < 1.29 is 42.9 Å². The van der Waals surface area contributed by atoms with Crippen molar-refractivity contribution in [3.8, 4) is 0 Å². The van der Waals surface area contributed by atoms with Crippen LogP contribution in [0.1, 0.15) is 373 Å². The molecule has 9 nitrogen and oxygen atoms in total. The van der Waals surface area contributed by atoms with Crippen molar-refractivity contribution >= 4 is 17.9 Å². The van der Waals surface area contributed by atoms with Gasteiger partial charge in [0.15, 0.2) is 12.4 Å². The van der Waals surface area contributed by atoms with Gasteiger partial charge < -0.3 is 33.3 Å². The first-order valence-electron chi connectivity index (χ1n) is 39.7. The zero-order valence-corrected chi connectivity index (χ0v) is 61.9. The summed E-state index contributed by atoms with van der Waals surface area (Å²) in [6, 6.07) is 0. The maximum atomic E-state index is 13.0. The first-order chi connectivity index (χ1) is 45.6. The number of likely N-dealkylation sites (N-methyl/N-ethyl adjacent to an activating group) is 1.